The average Bonchev–Trinajstić information content (AvgIpc) is 2.43. The van der Waals surface area contributed by atoms with Crippen LogP contribution in [0.15, 0.2) is 30.3 Å². The zero-order chi connectivity index (χ0) is 14.7. The van der Waals surface area contributed by atoms with E-state index >= 15 is 0 Å². The van der Waals surface area contributed by atoms with Gasteiger partial charge in [0.2, 0.25) is 0 Å². The summed E-state index contributed by atoms with van der Waals surface area (Å²) in [7, 11) is 1.67. The number of halogens is 3. The third-order valence-corrected chi connectivity index (χ3v) is 3.11. The van der Waals surface area contributed by atoms with Crippen LogP contribution < -0.4 is 10.6 Å². The summed E-state index contributed by atoms with van der Waals surface area (Å²) >= 11 is 11.5. The fourth-order valence-corrected chi connectivity index (χ4v) is 1.81. The minimum atomic E-state index is -0.618. The van der Waals surface area contributed by atoms with Crippen molar-refractivity contribution in [1.29, 1.82) is 0 Å². The zero-order valence-electron chi connectivity index (χ0n) is 10.4. The molecule has 0 aliphatic carbocycles. The summed E-state index contributed by atoms with van der Waals surface area (Å²) in [6.07, 6.45) is 0. The van der Waals surface area contributed by atoms with E-state index in [-0.39, 0.29) is 21.4 Å². The lowest BCUT2D eigenvalue weighted by molar-refractivity contribution is 0.102. The Kier molecular flexibility index (Phi) is 4.42. The van der Waals surface area contributed by atoms with Gasteiger partial charge < -0.3 is 10.6 Å². The second kappa shape index (κ2) is 6.07. The van der Waals surface area contributed by atoms with Gasteiger partial charge in [0.1, 0.15) is 17.3 Å². The molecule has 0 aliphatic heterocycles. The fraction of sp³-hybridized carbons (Fsp3) is 0.0769. The molecule has 1 heterocycles. The first kappa shape index (κ1) is 14.6. The number of rotatable bonds is 3. The third kappa shape index (κ3) is 3.18. The molecule has 2 aromatic rings. The van der Waals surface area contributed by atoms with Crippen molar-refractivity contribution in [3.05, 3.63) is 51.9 Å². The third-order valence-electron chi connectivity index (χ3n) is 2.49. The molecule has 0 bridgehead atoms. The number of hydrogen-bond acceptors (Lipinski definition) is 3. The predicted octanol–water partition coefficient (Wildman–Crippen LogP) is 3.82. The number of amides is 1. The summed E-state index contributed by atoms with van der Waals surface area (Å²) in [5, 5.41) is 5.50. The molecule has 1 amide bonds. The van der Waals surface area contributed by atoms with Gasteiger partial charge in [-0.3, -0.25) is 4.79 Å². The van der Waals surface area contributed by atoms with Crippen LogP contribution in [0.2, 0.25) is 10.0 Å². The number of nitrogens with zero attached hydrogens (tertiary/aromatic N) is 1. The monoisotopic (exact) mass is 313 g/mol. The number of aromatic nitrogens is 1. The van der Waals surface area contributed by atoms with Gasteiger partial charge in [-0.15, -0.1) is 0 Å². The van der Waals surface area contributed by atoms with Crippen molar-refractivity contribution in [2.75, 3.05) is 17.7 Å². The molecule has 2 rings (SSSR count). The summed E-state index contributed by atoms with van der Waals surface area (Å²) in [5.41, 5.74) is 0.318. The van der Waals surface area contributed by atoms with Crippen molar-refractivity contribution in [2.24, 2.45) is 0 Å². The molecule has 0 saturated carbocycles. The summed E-state index contributed by atoms with van der Waals surface area (Å²) in [5.74, 6) is -0.650. The van der Waals surface area contributed by atoms with Gasteiger partial charge in [-0.25, -0.2) is 9.37 Å². The highest BCUT2D eigenvalue weighted by molar-refractivity contribution is 6.34. The van der Waals surface area contributed by atoms with E-state index in [1.54, 1.807) is 19.2 Å². The maximum absolute atomic E-state index is 13.3. The summed E-state index contributed by atoms with van der Waals surface area (Å²) in [4.78, 5) is 16.1. The van der Waals surface area contributed by atoms with Gasteiger partial charge in [-0.2, -0.15) is 0 Å². The number of nitrogens with one attached hydrogen (secondary N) is 2. The molecule has 2 N–H and O–H groups in total. The average molecular weight is 314 g/mol. The molecular weight excluding hydrogens is 304 g/mol. The fourth-order valence-electron chi connectivity index (χ4n) is 1.50. The molecule has 0 aliphatic rings. The molecule has 20 heavy (non-hydrogen) atoms. The Morgan fingerprint density at radius 2 is 1.90 bits per heavy atom. The molecule has 0 saturated heterocycles. The van der Waals surface area contributed by atoms with Crippen LogP contribution in [-0.2, 0) is 0 Å². The Morgan fingerprint density at radius 3 is 2.55 bits per heavy atom. The lowest BCUT2D eigenvalue weighted by atomic mass is 10.2. The first-order valence-electron chi connectivity index (χ1n) is 5.62. The lowest BCUT2D eigenvalue weighted by Gasteiger charge is -2.08. The number of benzene rings is 1. The van der Waals surface area contributed by atoms with Crippen molar-refractivity contribution >= 4 is 40.6 Å². The van der Waals surface area contributed by atoms with E-state index in [9.17, 15) is 9.18 Å². The van der Waals surface area contributed by atoms with E-state index in [2.05, 4.69) is 15.6 Å². The SMILES string of the molecule is CNc1ccc(Cl)c(C(=O)Nc2ccc(Cl)c(F)c2)n1. The van der Waals surface area contributed by atoms with Crippen molar-refractivity contribution in [3.8, 4) is 0 Å². The van der Waals surface area contributed by atoms with E-state index in [1.165, 1.54) is 12.1 Å². The number of pyridine rings is 1. The standard InChI is InChI=1S/C13H10Cl2FN3O/c1-17-11-5-4-9(15)12(19-11)13(20)18-7-2-3-8(14)10(16)6-7/h2-6H,1H3,(H,17,19)(H,18,20). The van der Waals surface area contributed by atoms with Gasteiger partial charge in [-0.05, 0) is 30.3 Å². The van der Waals surface area contributed by atoms with Gasteiger partial charge >= 0.3 is 0 Å². The van der Waals surface area contributed by atoms with E-state index < -0.39 is 11.7 Å². The molecule has 0 radical (unpaired) electrons. The molecule has 104 valence electrons. The van der Waals surface area contributed by atoms with Crippen LogP contribution in [0.5, 0.6) is 0 Å². The minimum Gasteiger partial charge on any atom is -0.373 e. The van der Waals surface area contributed by atoms with Crippen molar-refractivity contribution < 1.29 is 9.18 Å². The van der Waals surface area contributed by atoms with Gasteiger partial charge in [0, 0.05) is 12.7 Å². The van der Waals surface area contributed by atoms with Gasteiger partial charge in [0.15, 0.2) is 0 Å². The first-order valence-corrected chi connectivity index (χ1v) is 6.37. The summed E-state index contributed by atoms with van der Waals surface area (Å²) < 4.78 is 13.3. The highest BCUT2D eigenvalue weighted by Gasteiger charge is 2.14. The zero-order valence-corrected chi connectivity index (χ0v) is 11.9. The van der Waals surface area contributed by atoms with Crippen molar-refractivity contribution in [2.45, 2.75) is 0 Å². The van der Waals surface area contributed by atoms with Crippen LogP contribution >= 0.6 is 23.2 Å². The van der Waals surface area contributed by atoms with Crippen LogP contribution in [0.25, 0.3) is 0 Å². The molecule has 1 aromatic carbocycles. The lowest BCUT2D eigenvalue weighted by Crippen LogP contribution is -2.15. The number of carbonyl (C=O) groups is 1. The highest BCUT2D eigenvalue weighted by atomic mass is 35.5. The molecule has 0 fully saturated rings. The molecule has 0 unspecified atom stereocenters. The van der Waals surface area contributed by atoms with Crippen LogP contribution in [-0.4, -0.2) is 17.9 Å². The predicted molar refractivity (Wildman–Crippen MR) is 78.2 cm³/mol. The van der Waals surface area contributed by atoms with Crippen LogP contribution in [0, 0.1) is 5.82 Å². The van der Waals surface area contributed by atoms with E-state index in [4.69, 9.17) is 23.2 Å². The Hall–Kier alpha value is -1.85. The summed E-state index contributed by atoms with van der Waals surface area (Å²) in [6.45, 7) is 0. The summed E-state index contributed by atoms with van der Waals surface area (Å²) in [6, 6.07) is 7.15. The molecule has 0 atom stereocenters. The van der Waals surface area contributed by atoms with Crippen LogP contribution in [0.1, 0.15) is 10.5 Å². The maximum Gasteiger partial charge on any atom is 0.275 e. The van der Waals surface area contributed by atoms with Gasteiger partial charge in [0.05, 0.1) is 10.0 Å². The van der Waals surface area contributed by atoms with E-state index in [1.807, 2.05) is 0 Å². The second-order valence-electron chi connectivity index (χ2n) is 3.86. The maximum atomic E-state index is 13.3. The topological polar surface area (TPSA) is 54.0 Å². The Bertz CT molecular complexity index is 664. The quantitative estimate of drug-likeness (QED) is 0.905. The smallest absolute Gasteiger partial charge is 0.275 e. The number of anilines is 2. The van der Waals surface area contributed by atoms with Crippen molar-refractivity contribution in [1.82, 2.24) is 4.98 Å². The molecule has 0 spiro atoms. The Labute approximate surface area is 124 Å². The van der Waals surface area contributed by atoms with Crippen LogP contribution in [0.3, 0.4) is 0 Å². The number of carbonyl (C=O) groups excluding carboxylic acids is 1. The van der Waals surface area contributed by atoms with E-state index in [0.29, 0.717) is 5.82 Å². The van der Waals surface area contributed by atoms with Crippen LogP contribution in [0.4, 0.5) is 15.9 Å². The molecule has 1 aromatic heterocycles. The first-order chi connectivity index (χ1) is 9.51. The largest absolute Gasteiger partial charge is 0.373 e. The molecule has 7 heteroatoms. The molecule has 4 nitrogen and oxygen atoms in total. The molecular formula is C13H10Cl2FN3O. The number of hydrogen-bond donors (Lipinski definition) is 2. The second-order valence-corrected chi connectivity index (χ2v) is 4.67. The van der Waals surface area contributed by atoms with Gasteiger partial charge in [0.25, 0.3) is 5.91 Å². The van der Waals surface area contributed by atoms with Gasteiger partial charge in [-0.1, -0.05) is 23.2 Å². The normalized spacial score (nSPS) is 10.2. The minimum absolute atomic E-state index is 0.0173. The Balaban J connectivity index is 2.25. The van der Waals surface area contributed by atoms with E-state index in [0.717, 1.165) is 6.07 Å². The highest BCUT2D eigenvalue weighted by Crippen LogP contribution is 2.21. The van der Waals surface area contributed by atoms with Crippen molar-refractivity contribution in [3.63, 3.8) is 0 Å². The Morgan fingerprint density at radius 1 is 1.20 bits per heavy atom.